The van der Waals surface area contributed by atoms with E-state index in [2.05, 4.69) is 16.3 Å². The predicted octanol–water partition coefficient (Wildman–Crippen LogP) is 2.58. The quantitative estimate of drug-likeness (QED) is 0.856. The molecule has 0 aliphatic carbocycles. The molecule has 2 heterocycles. The van der Waals surface area contributed by atoms with Crippen molar-refractivity contribution >= 4 is 11.8 Å². The first kappa shape index (κ1) is 12.3. The molecule has 0 atom stereocenters. The first-order chi connectivity index (χ1) is 9.31. The van der Waals surface area contributed by atoms with E-state index in [1.165, 1.54) is 5.56 Å². The van der Waals surface area contributed by atoms with Gasteiger partial charge in [0.05, 0.1) is 5.75 Å². The van der Waals surface area contributed by atoms with Gasteiger partial charge in [0.25, 0.3) is 0 Å². The van der Waals surface area contributed by atoms with Crippen molar-refractivity contribution in [2.45, 2.75) is 18.4 Å². The maximum absolute atomic E-state index is 5.56. The number of benzene rings is 1. The highest BCUT2D eigenvalue weighted by molar-refractivity contribution is 7.97. The second-order valence-electron chi connectivity index (χ2n) is 4.19. The van der Waals surface area contributed by atoms with E-state index in [-0.39, 0.29) is 0 Å². The molecule has 0 unspecified atom stereocenters. The van der Waals surface area contributed by atoms with Crippen molar-refractivity contribution in [2.75, 3.05) is 13.2 Å². The van der Waals surface area contributed by atoms with Crippen LogP contribution >= 0.6 is 11.8 Å². The average Bonchev–Trinajstić information content (AvgIpc) is 2.84. The van der Waals surface area contributed by atoms with Crippen LogP contribution in [0.4, 0.5) is 0 Å². The van der Waals surface area contributed by atoms with Gasteiger partial charge in [0.15, 0.2) is 11.5 Å². The van der Waals surface area contributed by atoms with Gasteiger partial charge in [-0.2, -0.15) is 0 Å². The minimum atomic E-state index is 0.606. The van der Waals surface area contributed by atoms with E-state index < -0.39 is 0 Å². The largest absolute Gasteiger partial charge is 0.486 e. The summed E-state index contributed by atoms with van der Waals surface area (Å²) in [5, 5.41) is 7.77. The molecule has 0 N–H and O–H groups in total. The third-order valence-electron chi connectivity index (χ3n) is 2.67. The summed E-state index contributed by atoms with van der Waals surface area (Å²) >= 11 is 1.73. The van der Waals surface area contributed by atoms with Crippen LogP contribution in [0.3, 0.4) is 0 Å². The Morgan fingerprint density at radius 3 is 2.74 bits per heavy atom. The van der Waals surface area contributed by atoms with Crippen LogP contribution in [0.2, 0.25) is 0 Å². The number of hydrogen-bond acceptors (Lipinski definition) is 6. The van der Waals surface area contributed by atoms with Crippen LogP contribution in [0, 0.1) is 6.92 Å². The van der Waals surface area contributed by atoms with Gasteiger partial charge < -0.3 is 13.9 Å². The number of ether oxygens (including phenoxy) is 2. The lowest BCUT2D eigenvalue weighted by atomic mass is 10.2. The van der Waals surface area contributed by atoms with Gasteiger partial charge in [0, 0.05) is 12.7 Å². The van der Waals surface area contributed by atoms with Crippen LogP contribution in [-0.2, 0) is 11.5 Å². The fourth-order valence-electron chi connectivity index (χ4n) is 1.83. The highest BCUT2D eigenvalue weighted by Gasteiger charge is 2.11. The molecule has 0 saturated heterocycles. The molecule has 100 valence electrons. The zero-order chi connectivity index (χ0) is 13.1. The van der Waals surface area contributed by atoms with Crippen LogP contribution in [-0.4, -0.2) is 23.4 Å². The molecule has 1 aromatic heterocycles. The smallest absolute Gasteiger partial charge is 0.226 e. The second-order valence-corrected chi connectivity index (χ2v) is 5.17. The van der Waals surface area contributed by atoms with Gasteiger partial charge in [0.1, 0.15) is 13.2 Å². The monoisotopic (exact) mass is 278 g/mol. The summed E-state index contributed by atoms with van der Waals surface area (Å²) in [6.07, 6.45) is 0. The Morgan fingerprint density at radius 1 is 1.11 bits per heavy atom. The summed E-state index contributed by atoms with van der Waals surface area (Å²) in [5.41, 5.74) is 1.20. The maximum Gasteiger partial charge on any atom is 0.226 e. The summed E-state index contributed by atoms with van der Waals surface area (Å²) in [7, 11) is 0. The highest BCUT2D eigenvalue weighted by atomic mass is 32.2. The normalized spacial score (nSPS) is 13.5. The Labute approximate surface area is 115 Å². The SMILES string of the molecule is Cc1nnc(CSCc2ccc3c(c2)OCCO3)o1. The molecule has 2 aromatic rings. The van der Waals surface area contributed by atoms with Crippen LogP contribution in [0.5, 0.6) is 11.5 Å². The van der Waals surface area contributed by atoms with Crippen molar-refractivity contribution in [3.05, 3.63) is 35.5 Å². The van der Waals surface area contributed by atoms with Crippen LogP contribution in [0.15, 0.2) is 22.6 Å². The summed E-state index contributed by atoms with van der Waals surface area (Å²) in [6, 6.07) is 6.04. The highest BCUT2D eigenvalue weighted by Crippen LogP contribution is 2.32. The number of aromatic nitrogens is 2. The number of aryl methyl sites for hydroxylation is 1. The van der Waals surface area contributed by atoms with Crippen molar-refractivity contribution in [1.29, 1.82) is 0 Å². The molecule has 0 amide bonds. The van der Waals surface area contributed by atoms with E-state index in [9.17, 15) is 0 Å². The van der Waals surface area contributed by atoms with Crippen molar-refractivity contribution in [2.24, 2.45) is 0 Å². The fraction of sp³-hybridized carbons (Fsp3) is 0.385. The third kappa shape index (κ3) is 3.01. The number of rotatable bonds is 4. The number of nitrogens with zero attached hydrogens (tertiary/aromatic N) is 2. The molecule has 1 aliphatic rings. The van der Waals surface area contributed by atoms with Gasteiger partial charge in [-0.3, -0.25) is 0 Å². The molecule has 0 spiro atoms. The molecule has 1 aromatic carbocycles. The molecule has 1 aliphatic heterocycles. The minimum Gasteiger partial charge on any atom is -0.486 e. The predicted molar refractivity (Wildman–Crippen MR) is 71.5 cm³/mol. The van der Waals surface area contributed by atoms with E-state index in [0.717, 1.165) is 23.0 Å². The summed E-state index contributed by atoms with van der Waals surface area (Å²) in [6.45, 7) is 3.03. The van der Waals surface area contributed by atoms with E-state index in [1.807, 2.05) is 12.1 Å². The van der Waals surface area contributed by atoms with Gasteiger partial charge in [-0.15, -0.1) is 22.0 Å². The molecule has 0 radical (unpaired) electrons. The second kappa shape index (κ2) is 5.52. The number of thioether (sulfide) groups is 1. The fourth-order valence-corrected chi connectivity index (χ4v) is 2.64. The first-order valence-corrected chi connectivity index (χ1v) is 7.22. The molecule has 0 saturated carbocycles. The van der Waals surface area contributed by atoms with E-state index >= 15 is 0 Å². The maximum atomic E-state index is 5.56. The Bertz CT molecular complexity index is 571. The standard InChI is InChI=1S/C13H14N2O3S/c1-9-14-15-13(18-9)8-19-7-10-2-3-11-12(6-10)17-5-4-16-11/h2-3,6H,4-5,7-8H2,1H3. The lowest BCUT2D eigenvalue weighted by Crippen LogP contribution is -2.15. The Morgan fingerprint density at radius 2 is 1.95 bits per heavy atom. The third-order valence-corrected chi connectivity index (χ3v) is 3.66. The lowest BCUT2D eigenvalue weighted by molar-refractivity contribution is 0.171. The Hall–Kier alpha value is -1.69. The van der Waals surface area contributed by atoms with Crippen molar-refractivity contribution in [1.82, 2.24) is 10.2 Å². The van der Waals surface area contributed by atoms with Gasteiger partial charge in [-0.1, -0.05) is 6.07 Å². The molecule has 3 rings (SSSR count). The summed E-state index contributed by atoms with van der Waals surface area (Å²) in [5.74, 6) is 4.52. The molecular formula is C13H14N2O3S. The molecular weight excluding hydrogens is 264 g/mol. The molecule has 5 nitrogen and oxygen atoms in total. The zero-order valence-corrected chi connectivity index (χ0v) is 11.4. The molecule has 6 heteroatoms. The van der Waals surface area contributed by atoms with Gasteiger partial charge in [0.2, 0.25) is 11.8 Å². The average molecular weight is 278 g/mol. The topological polar surface area (TPSA) is 57.4 Å². The van der Waals surface area contributed by atoms with E-state index in [1.54, 1.807) is 18.7 Å². The first-order valence-electron chi connectivity index (χ1n) is 6.06. The lowest BCUT2D eigenvalue weighted by Gasteiger charge is -2.18. The van der Waals surface area contributed by atoms with Crippen LogP contribution < -0.4 is 9.47 Å². The van der Waals surface area contributed by atoms with Crippen LogP contribution in [0.25, 0.3) is 0 Å². The number of hydrogen-bond donors (Lipinski definition) is 0. The van der Waals surface area contributed by atoms with Crippen molar-refractivity contribution < 1.29 is 13.9 Å². The van der Waals surface area contributed by atoms with Crippen molar-refractivity contribution in [3.63, 3.8) is 0 Å². The van der Waals surface area contributed by atoms with Crippen molar-refractivity contribution in [3.8, 4) is 11.5 Å². The summed E-state index contributed by atoms with van der Waals surface area (Å²) in [4.78, 5) is 0. The molecule has 19 heavy (non-hydrogen) atoms. The van der Waals surface area contributed by atoms with Crippen LogP contribution in [0.1, 0.15) is 17.3 Å². The van der Waals surface area contributed by atoms with E-state index in [0.29, 0.717) is 25.0 Å². The van der Waals surface area contributed by atoms with Gasteiger partial charge >= 0.3 is 0 Å². The van der Waals surface area contributed by atoms with Gasteiger partial charge in [-0.25, -0.2) is 0 Å². The summed E-state index contributed by atoms with van der Waals surface area (Å²) < 4.78 is 16.4. The van der Waals surface area contributed by atoms with Gasteiger partial charge in [-0.05, 0) is 17.7 Å². The molecule has 0 fully saturated rings. The Kier molecular flexibility index (Phi) is 3.59. The van der Waals surface area contributed by atoms with E-state index in [4.69, 9.17) is 13.9 Å². The minimum absolute atomic E-state index is 0.606. The Balaban J connectivity index is 1.58. The zero-order valence-electron chi connectivity index (χ0n) is 10.6. The number of fused-ring (bicyclic) bond motifs is 1. The molecule has 0 bridgehead atoms.